The van der Waals surface area contributed by atoms with Gasteiger partial charge < -0.3 is 10.1 Å². The van der Waals surface area contributed by atoms with E-state index in [4.69, 9.17) is 21.5 Å². The molecular weight excluding hydrogens is 392 g/mol. The second kappa shape index (κ2) is 7.10. The standard InChI is InChI=1S/C17H15ClN4O4S/c1-9(10-6-7-13(26-2)14(8-10)27(19,24)25)21-22-16-11-4-3-5-12(18)15(11)20-17(16)23/h3-8H,1-2H3,(H2,19,24,25)(H,20,22,23)/b21-9+. The molecule has 27 heavy (non-hydrogen) atoms. The van der Waals surface area contributed by atoms with Crippen LogP contribution in [0.1, 0.15) is 18.1 Å². The molecule has 0 bridgehead atoms. The number of nitrogens with one attached hydrogen (secondary N) is 1. The molecule has 140 valence electrons. The topological polar surface area (TPSA) is 123 Å². The minimum absolute atomic E-state index is 0.118. The minimum Gasteiger partial charge on any atom is -0.495 e. The number of ether oxygens (including phenoxy) is 1. The Labute approximate surface area is 160 Å². The van der Waals surface area contributed by atoms with E-state index in [0.717, 1.165) is 0 Å². The predicted molar refractivity (Wildman–Crippen MR) is 103 cm³/mol. The summed E-state index contributed by atoms with van der Waals surface area (Å²) < 4.78 is 28.5. The van der Waals surface area contributed by atoms with Gasteiger partial charge in [-0.1, -0.05) is 23.7 Å². The summed E-state index contributed by atoms with van der Waals surface area (Å²) in [5, 5.41) is 16.3. The summed E-state index contributed by atoms with van der Waals surface area (Å²) in [5.41, 5.74) is 2.00. The number of benzene rings is 2. The molecule has 10 heteroatoms. The largest absolute Gasteiger partial charge is 0.495 e. The van der Waals surface area contributed by atoms with E-state index in [2.05, 4.69) is 15.5 Å². The van der Waals surface area contributed by atoms with Gasteiger partial charge in [0.15, 0.2) is 5.71 Å². The van der Waals surface area contributed by atoms with Gasteiger partial charge in [0, 0.05) is 5.56 Å². The van der Waals surface area contributed by atoms with E-state index in [0.29, 0.717) is 27.5 Å². The number of hydrogen-bond donors (Lipinski definition) is 2. The van der Waals surface area contributed by atoms with Gasteiger partial charge in [-0.25, -0.2) is 13.6 Å². The highest BCUT2D eigenvalue weighted by atomic mass is 35.5. The lowest BCUT2D eigenvalue weighted by molar-refractivity contribution is -0.110. The molecule has 2 aromatic carbocycles. The highest BCUT2D eigenvalue weighted by Gasteiger charge is 2.27. The summed E-state index contributed by atoms with van der Waals surface area (Å²) in [6.07, 6.45) is 0. The van der Waals surface area contributed by atoms with Crippen molar-refractivity contribution in [2.45, 2.75) is 11.8 Å². The molecule has 2 aromatic rings. The number of methoxy groups -OCH3 is 1. The fraction of sp³-hybridized carbons (Fsp3) is 0.118. The summed E-state index contributed by atoms with van der Waals surface area (Å²) in [5.74, 6) is -0.297. The Hall–Kier alpha value is -2.75. The summed E-state index contributed by atoms with van der Waals surface area (Å²) >= 11 is 6.06. The molecule has 0 unspecified atom stereocenters. The minimum atomic E-state index is -3.98. The Balaban J connectivity index is 2.02. The molecule has 0 atom stereocenters. The van der Waals surface area contributed by atoms with Crippen molar-refractivity contribution in [3.63, 3.8) is 0 Å². The second-order valence-electron chi connectivity index (χ2n) is 5.66. The van der Waals surface area contributed by atoms with Crippen LogP contribution < -0.4 is 15.2 Å². The number of halogens is 1. The molecule has 1 aliphatic rings. The van der Waals surface area contributed by atoms with Crippen molar-refractivity contribution in [1.82, 2.24) is 0 Å². The van der Waals surface area contributed by atoms with Crippen LogP contribution in [0.25, 0.3) is 0 Å². The van der Waals surface area contributed by atoms with Gasteiger partial charge in [-0.05, 0) is 36.8 Å². The van der Waals surface area contributed by atoms with Gasteiger partial charge in [0.2, 0.25) is 10.0 Å². The summed E-state index contributed by atoms with van der Waals surface area (Å²) in [6, 6.07) is 9.49. The lowest BCUT2D eigenvalue weighted by atomic mass is 10.1. The molecular formula is C17H15ClN4O4S. The average Bonchev–Trinajstić information content (AvgIpc) is 2.95. The maximum Gasteiger partial charge on any atom is 0.276 e. The quantitative estimate of drug-likeness (QED) is 0.596. The molecule has 1 heterocycles. The fourth-order valence-electron chi connectivity index (χ4n) is 2.55. The van der Waals surface area contributed by atoms with Crippen molar-refractivity contribution in [3.05, 3.63) is 52.5 Å². The van der Waals surface area contributed by atoms with Crippen LogP contribution >= 0.6 is 11.6 Å². The number of nitrogens with two attached hydrogens (primary N) is 1. The lowest BCUT2D eigenvalue weighted by Crippen LogP contribution is -2.15. The smallest absolute Gasteiger partial charge is 0.276 e. The Kier molecular flexibility index (Phi) is 5.01. The third-order valence-electron chi connectivity index (χ3n) is 3.91. The van der Waals surface area contributed by atoms with Gasteiger partial charge in [0.05, 0.1) is 23.5 Å². The van der Waals surface area contributed by atoms with Gasteiger partial charge in [-0.3, -0.25) is 4.79 Å². The normalized spacial score (nSPS) is 15.6. The van der Waals surface area contributed by atoms with E-state index >= 15 is 0 Å². The van der Waals surface area contributed by atoms with Crippen molar-refractivity contribution < 1.29 is 17.9 Å². The molecule has 0 aliphatic carbocycles. The number of anilines is 1. The van der Waals surface area contributed by atoms with Crippen LogP contribution in [0, 0.1) is 0 Å². The van der Waals surface area contributed by atoms with Crippen LogP contribution in [0.2, 0.25) is 5.02 Å². The Morgan fingerprint density at radius 1 is 1.26 bits per heavy atom. The van der Waals surface area contributed by atoms with E-state index in [1.54, 1.807) is 31.2 Å². The first kappa shape index (κ1) is 19.0. The monoisotopic (exact) mass is 406 g/mol. The van der Waals surface area contributed by atoms with E-state index in [-0.39, 0.29) is 16.4 Å². The predicted octanol–water partition coefficient (Wildman–Crippen LogP) is 2.16. The van der Waals surface area contributed by atoms with Crippen LogP contribution in [-0.4, -0.2) is 32.9 Å². The zero-order valence-corrected chi connectivity index (χ0v) is 15.9. The van der Waals surface area contributed by atoms with Gasteiger partial charge in [-0.2, -0.15) is 5.10 Å². The molecule has 3 N–H and O–H groups in total. The molecule has 1 amide bonds. The summed E-state index contributed by atoms with van der Waals surface area (Å²) in [6.45, 7) is 1.63. The van der Waals surface area contributed by atoms with Crippen molar-refractivity contribution in [1.29, 1.82) is 0 Å². The molecule has 8 nitrogen and oxygen atoms in total. The zero-order valence-electron chi connectivity index (χ0n) is 14.4. The number of rotatable bonds is 4. The maximum atomic E-state index is 12.1. The molecule has 0 saturated heterocycles. The second-order valence-corrected chi connectivity index (χ2v) is 7.60. The zero-order chi connectivity index (χ0) is 19.8. The summed E-state index contributed by atoms with van der Waals surface area (Å²) in [7, 11) is -2.64. The molecule has 1 aliphatic heterocycles. The Bertz CT molecular complexity index is 1110. The highest BCUT2D eigenvalue weighted by Crippen LogP contribution is 2.31. The van der Waals surface area contributed by atoms with Crippen LogP contribution in [0.3, 0.4) is 0 Å². The third-order valence-corrected chi connectivity index (χ3v) is 5.16. The van der Waals surface area contributed by atoms with Gasteiger partial charge in [0.25, 0.3) is 5.91 Å². The summed E-state index contributed by atoms with van der Waals surface area (Å²) in [4.78, 5) is 12.0. The Morgan fingerprint density at radius 2 is 2.00 bits per heavy atom. The Morgan fingerprint density at radius 3 is 2.67 bits per heavy atom. The highest BCUT2D eigenvalue weighted by molar-refractivity contribution is 7.89. The number of primary sulfonamides is 1. The number of sulfonamides is 1. The lowest BCUT2D eigenvalue weighted by Gasteiger charge is -2.08. The number of carbonyl (C=O) groups is 1. The van der Waals surface area contributed by atoms with Crippen molar-refractivity contribution in [2.75, 3.05) is 12.4 Å². The van der Waals surface area contributed by atoms with Gasteiger partial charge in [-0.15, -0.1) is 5.10 Å². The molecule has 0 spiro atoms. The third kappa shape index (κ3) is 3.70. The fourth-order valence-corrected chi connectivity index (χ4v) is 3.49. The maximum absolute atomic E-state index is 12.1. The molecule has 3 rings (SSSR count). The molecule has 0 fully saturated rings. The number of amides is 1. The number of hydrogen-bond acceptors (Lipinski definition) is 6. The van der Waals surface area contributed by atoms with Crippen molar-refractivity contribution in [2.24, 2.45) is 15.3 Å². The van der Waals surface area contributed by atoms with Crippen molar-refractivity contribution in [3.8, 4) is 5.75 Å². The SMILES string of the molecule is COc1ccc(/C(C)=N/N=C2C(=O)Nc3c(Cl)cccc32)cc1S(N)(=O)=O. The van der Waals surface area contributed by atoms with Crippen LogP contribution in [0.15, 0.2) is 51.5 Å². The number of para-hydroxylation sites is 1. The first-order valence-electron chi connectivity index (χ1n) is 7.66. The van der Waals surface area contributed by atoms with E-state index in [1.807, 2.05) is 0 Å². The molecule has 0 radical (unpaired) electrons. The number of carbonyl (C=O) groups excluding carboxylic acids is 1. The van der Waals surface area contributed by atoms with Gasteiger partial charge >= 0.3 is 0 Å². The first-order chi connectivity index (χ1) is 12.7. The van der Waals surface area contributed by atoms with E-state index in [9.17, 15) is 13.2 Å². The van der Waals surface area contributed by atoms with Crippen molar-refractivity contribution >= 4 is 44.6 Å². The van der Waals surface area contributed by atoms with E-state index < -0.39 is 15.9 Å². The van der Waals surface area contributed by atoms with Gasteiger partial charge in [0.1, 0.15) is 10.6 Å². The first-order valence-corrected chi connectivity index (χ1v) is 9.58. The van der Waals surface area contributed by atoms with Crippen LogP contribution in [0.5, 0.6) is 5.75 Å². The number of nitrogens with zero attached hydrogens (tertiary/aromatic N) is 2. The average molecular weight is 407 g/mol. The molecule has 0 aromatic heterocycles. The van der Waals surface area contributed by atoms with Crippen LogP contribution in [0.4, 0.5) is 5.69 Å². The van der Waals surface area contributed by atoms with Crippen LogP contribution in [-0.2, 0) is 14.8 Å². The van der Waals surface area contributed by atoms with E-state index in [1.165, 1.54) is 19.2 Å². The number of fused-ring (bicyclic) bond motifs is 1. The molecule has 0 saturated carbocycles.